The predicted molar refractivity (Wildman–Crippen MR) is 115 cm³/mol. The number of hydrogen-bond acceptors (Lipinski definition) is 8. The number of carbonyl (C=O) groups excluding carboxylic acids is 1. The summed E-state index contributed by atoms with van der Waals surface area (Å²) < 4.78 is 45.9. The van der Waals surface area contributed by atoms with Crippen LogP contribution in [0.5, 0.6) is 0 Å². The maximum Gasteiger partial charge on any atom is 0.413 e. The van der Waals surface area contributed by atoms with Crippen LogP contribution in [0.25, 0.3) is 11.4 Å². The molecule has 32 heavy (non-hydrogen) atoms. The summed E-state index contributed by atoms with van der Waals surface area (Å²) in [4.78, 5) is 20.4. The molecule has 0 aliphatic heterocycles. The van der Waals surface area contributed by atoms with Gasteiger partial charge in [0.2, 0.25) is 16.0 Å². The zero-order chi connectivity index (χ0) is 23.6. The van der Waals surface area contributed by atoms with Gasteiger partial charge in [0.25, 0.3) is 0 Å². The SMILES string of the molecule is Cc1cnc(F)c([C@@H](C)OC(=O)Nc2c(-c3ccc(NS(C)(=O)=O)c(C)n3)nnn2C)c1. The largest absolute Gasteiger partial charge is 0.441 e. The molecule has 3 aromatic rings. The molecule has 1 atom stereocenters. The highest BCUT2D eigenvalue weighted by Crippen LogP contribution is 2.27. The Kier molecular flexibility index (Phi) is 6.39. The van der Waals surface area contributed by atoms with Crippen LogP contribution in [0.1, 0.15) is 29.8 Å². The van der Waals surface area contributed by atoms with Crippen molar-refractivity contribution in [2.75, 3.05) is 16.3 Å². The number of ether oxygens (including phenoxy) is 1. The lowest BCUT2D eigenvalue weighted by molar-refractivity contribution is 0.118. The number of anilines is 2. The number of nitrogens with one attached hydrogen (secondary N) is 2. The van der Waals surface area contributed by atoms with Crippen LogP contribution in [0, 0.1) is 19.8 Å². The molecule has 0 aliphatic carbocycles. The Labute approximate surface area is 184 Å². The van der Waals surface area contributed by atoms with E-state index >= 15 is 0 Å². The summed E-state index contributed by atoms with van der Waals surface area (Å²) in [6.45, 7) is 4.91. The Hall–Kier alpha value is -3.61. The third-order valence-corrected chi connectivity index (χ3v) is 4.99. The minimum Gasteiger partial charge on any atom is -0.441 e. The third kappa shape index (κ3) is 5.35. The quantitative estimate of drug-likeness (QED) is 0.532. The number of aryl methyl sites for hydroxylation is 3. The van der Waals surface area contributed by atoms with Gasteiger partial charge < -0.3 is 4.74 Å². The molecule has 3 heterocycles. The lowest BCUT2D eigenvalue weighted by atomic mass is 10.1. The summed E-state index contributed by atoms with van der Waals surface area (Å²) in [7, 11) is -1.90. The maximum atomic E-state index is 14.0. The Morgan fingerprint density at radius 2 is 2.00 bits per heavy atom. The van der Waals surface area contributed by atoms with E-state index in [0.717, 1.165) is 11.8 Å². The molecule has 0 fully saturated rings. The van der Waals surface area contributed by atoms with Gasteiger partial charge in [-0.3, -0.25) is 10.0 Å². The van der Waals surface area contributed by atoms with E-state index in [0.29, 0.717) is 17.1 Å². The average Bonchev–Trinajstić information content (AvgIpc) is 3.04. The minimum atomic E-state index is -3.46. The smallest absolute Gasteiger partial charge is 0.413 e. The van der Waals surface area contributed by atoms with Crippen molar-refractivity contribution in [1.82, 2.24) is 25.0 Å². The van der Waals surface area contributed by atoms with Crippen molar-refractivity contribution in [3.8, 4) is 11.4 Å². The van der Waals surface area contributed by atoms with Crippen molar-refractivity contribution in [2.45, 2.75) is 26.9 Å². The minimum absolute atomic E-state index is 0.148. The number of nitrogens with zero attached hydrogens (tertiary/aromatic N) is 5. The van der Waals surface area contributed by atoms with Gasteiger partial charge in [-0.05, 0) is 44.5 Å². The molecule has 170 valence electrons. The van der Waals surface area contributed by atoms with Gasteiger partial charge in [0.1, 0.15) is 6.10 Å². The van der Waals surface area contributed by atoms with Crippen LogP contribution < -0.4 is 10.0 Å². The average molecular weight is 463 g/mol. The number of rotatable bonds is 6. The third-order valence-electron chi connectivity index (χ3n) is 4.40. The Balaban J connectivity index is 1.81. The molecule has 0 radical (unpaired) electrons. The highest BCUT2D eigenvalue weighted by Gasteiger charge is 2.21. The van der Waals surface area contributed by atoms with Crippen molar-refractivity contribution < 1.29 is 22.3 Å². The van der Waals surface area contributed by atoms with Gasteiger partial charge in [0, 0.05) is 18.8 Å². The summed E-state index contributed by atoms with van der Waals surface area (Å²) in [5.74, 6) is -0.526. The molecular formula is C19H22FN7O4S. The molecule has 1 amide bonds. The van der Waals surface area contributed by atoms with Crippen LogP contribution in [0.4, 0.5) is 20.7 Å². The standard InChI is InChI=1S/C19H22FN7O4S/c1-10-8-13(17(20)21-9-10)12(3)31-19(28)23-18-16(24-26-27(18)4)15-7-6-14(11(2)22-15)25-32(5,29)30/h6-9,12,25H,1-5H3,(H,23,28)/t12-/m1/s1. The molecule has 3 rings (SSSR count). The van der Waals surface area contributed by atoms with Crippen molar-refractivity contribution in [2.24, 2.45) is 7.05 Å². The first-order valence-corrected chi connectivity index (χ1v) is 11.3. The van der Waals surface area contributed by atoms with Gasteiger partial charge in [-0.1, -0.05) is 5.21 Å². The number of halogens is 1. The van der Waals surface area contributed by atoms with Crippen LogP contribution in [0.3, 0.4) is 0 Å². The van der Waals surface area contributed by atoms with Crippen molar-refractivity contribution in [3.05, 3.63) is 47.2 Å². The summed E-state index contributed by atoms with van der Waals surface area (Å²) >= 11 is 0. The summed E-state index contributed by atoms with van der Waals surface area (Å²) in [6.07, 6.45) is 0.673. The van der Waals surface area contributed by atoms with Crippen LogP contribution in [0.2, 0.25) is 0 Å². The highest BCUT2D eigenvalue weighted by molar-refractivity contribution is 7.92. The molecule has 13 heteroatoms. The van der Waals surface area contributed by atoms with E-state index in [2.05, 4.69) is 30.3 Å². The fourth-order valence-electron chi connectivity index (χ4n) is 2.88. The maximum absolute atomic E-state index is 14.0. The van der Waals surface area contributed by atoms with Gasteiger partial charge in [-0.2, -0.15) is 4.39 Å². The number of amides is 1. The number of carbonyl (C=O) groups is 1. The molecule has 0 spiro atoms. The second kappa shape index (κ2) is 8.86. The molecule has 0 bridgehead atoms. The monoisotopic (exact) mass is 463 g/mol. The second-order valence-corrected chi connectivity index (χ2v) is 8.93. The Morgan fingerprint density at radius 3 is 2.66 bits per heavy atom. The topological polar surface area (TPSA) is 141 Å². The Morgan fingerprint density at radius 1 is 1.28 bits per heavy atom. The van der Waals surface area contributed by atoms with Gasteiger partial charge in [0.05, 0.1) is 23.3 Å². The Bertz CT molecular complexity index is 1280. The molecule has 0 aliphatic rings. The zero-order valence-corrected chi connectivity index (χ0v) is 18.9. The van der Waals surface area contributed by atoms with E-state index in [1.165, 1.54) is 29.9 Å². The molecule has 2 N–H and O–H groups in total. The van der Waals surface area contributed by atoms with E-state index in [-0.39, 0.29) is 17.1 Å². The lowest BCUT2D eigenvalue weighted by Gasteiger charge is -2.15. The first-order chi connectivity index (χ1) is 14.9. The van der Waals surface area contributed by atoms with E-state index in [1.54, 1.807) is 27.0 Å². The molecule has 0 aromatic carbocycles. The predicted octanol–water partition coefficient (Wildman–Crippen LogP) is 2.71. The van der Waals surface area contributed by atoms with Crippen LogP contribution >= 0.6 is 0 Å². The van der Waals surface area contributed by atoms with Crippen LogP contribution in [-0.2, 0) is 21.8 Å². The first-order valence-electron chi connectivity index (χ1n) is 9.39. The van der Waals surface area contributed by atoms with Gasteiger partial charge >= 0.3 is 6.09 Å². The van der Waals surface area contributed by atoms with Gasteiger partial charge in [0.15, 0.2) is 11.5 Å². The normalized spacial score (nSPS) is 12.3. The van der Waals surface area contributed by atoms with Gasteiger partial charge in [-0.25, -0.2) is 27.9 Å². The second-order valence-electron chi connectivity index (χ2n) is 7.18. The molecule has 0 saturated carbocycles. The van der Waals surface area contributed by atoms with E-state index in [1.807, 2.05) is 0 Å². The summed E-state index contributed by atoms with van der Waals surface area (Å²) in [6, 6.07) is 4.62. The zero-order valence-electron chi connectivity index (χ0n) is 18.0. The molecule has 0 saturated heterocycles. The summed E-state index contributed by atoms with van der Waals surface area (Å²) in [5, 5.41) is 10.5. The van der Waals surface area contributed by atoms with Crippen molar-refractivity contribution in [3.63, 3.8) is 0 Å². The fraction of sp³-hybridized carbons (Fsp3) is 0.316. The number of pyridine rings is 2. The van der Waals surface area contributed by atoms with Gasteiger partial charge in [-0.15, -0.1) is 5.10 Å². The van der Waals surface area contributed by atoms with E-state index < -0.39 is 28.2 Å². The lowest BCUT2D eigenvalue weighted by Crippen LogP contribution is -2.19. The van der Waals surface area contributed by atoms with Crippen molar-refractivity contribution >= 4 is 27.6 Å². The number of hydrogen-bond donors (Lipinski definition) is 2. The summed E-state index contributed by atoms with van der Waals surface area (Å²) in [5.41, 5.74) is 2.20. The highest BCUT2D eigenvalue weighted by atomic mass is 32.2. The number of aromatic nitrogens is 5. The van der Waals surface area contributed by atoms with Crippen molar-refractivity contribution in [1.29, 1.82) is 0 Å². The molecule has 11 nitrogen and oxygen atoms in total. The van der Waals surface area contributed by atoms with E-state index in [9.17, 15) is 17.6 Å². The molecule has 3 aromatic heterocycles. The van der Waals surface area contributed by atoms with E-state index in [4.69, 9.17) is 4.74 Å². The number of sulfonamides is 1. The fourth-order valence-corrected chi connectivity index (χ4v) is 3.50. The van der Waals surface area contributed by atoms with Crippen LogP contribution in [0.15, 0.2) is 24.4 Å². The van der Waals surface area contributed by atoms with Crippen LogP contribution in [-0.4, -0.2) is 45.7 Å². The molecule has 0 unspecified atom stereocenters. The first kappa shape index (κ1) is 23.1. The molecular weight excluding hydrogens is 441 g/mol.